The van der Waals surface area contributed by atoms with Gasteiger partial charge >= 0.3 is 18.3 Å². The Bertz CT molecular complexity index is 452. The molecule has 18 heavy (non-hydrogen) atoms. The number of carboxylic acids is 1. The van der Waals surface area contributed by atoms with Gasteiger partial charge in [-0.1, -0.05) is 0 Å². The molecule has 0 saturated carbocycles. The summed E-state index contributed by atoms with van der Waals surface area (Å²) in [5, 5.41) is 17.9. The lowest BCUT2D eigenvalue weighted by Gasteiger charge is -2.16. The number of hydrogen-bond donors (Lipinski definition) is 2. The molecule has 0 saturated heterocycles. The lowest BCUT2D eigenvalue weighted by molar-refractivity contribution is -0.148. The van der Waals surface area contributed by atoms with E-state index in [0.717, 1.165) is 12.3 Å². The van der Waals surface area contributed by atoms with Crippen LogP contribution in [0.3, 0.4) is 0 Å². The van der Waals surface area contributed by atoms with E-state index in [1.807, 2.05) is 0 Å². The standard InChI is InChI=1S/C9H7F4NO4/c10-8(11)9(12,13)3-18-4-1-2-14-5(6(4)15)7(16)17/h1-2,8,15H,3H2,(H,16,17). The van der Waals surface area contributed by atoms with E-state index < -0.39 is 42.1 Å². The van der Waals surface area contributed by atoms with Gasteiger partial charge in [0.1, 0.15) is 0 Å². The molecule has 1 rings (SSSR count). The summed E-state index contributed by atoms with van der Waals surface area (Å²) in [6.45, 7) is -1.69. The van der Waals surface area contributed by atoms with Crippen molar-refractivity contribution < 1.29 is 37.3 Å². The van der Waals surface area contributed by atoms with Crippen LogP contribution in [-0.2, 0) is 0 Å². The summed E-state index contributed by atoms with van der Waals surface area (Å²) in [7, 11) is 0. The monoisotopic (exact) mass is 269 g/mol. The molecule has 1 aromatic heterocycles. The number of carboxylic acid groups (broad SMARTS) is 1. The molecule has 0 aliphatic rings. The van der Waals surface area contributed by atoms with E-state index in [4.69, 9.17) is 5.11 Å². The molecule has 0 radical (unpaired) electrons. The number of alkyl halides is 4. The highest BCUT2D eigenvalue weighted by Crippen LogP contribution is 2.30. The van der Waals surface area contributed by atoms with Crippen molar-refractivity contribution in [3.63, 3.8) is 0 Å². The Hall–Kier alpha value is -2.06. The first-order valence-corrected chi connectivity index (χ1v) is 4.45. The molecule has 0 spiro atoms. The molecule has 0 amide bonds. The highest BCUT2D eigenvalue weighted by Gasteiger charge is 2.42. The topological polar surface area (TPSA) is 79.7 Å². The first-order valence-electron chi connectivity index (χ1n) is 4.45. The number of halogens is 4. The number of aromatic hydroxyl groups is 1. The molecule has 0 aliphatic carbocycles. The molecule has 0 atom stereocenters. The summed E-state index contributed by atoms with van der Waals surface area (Å²) in [5.41, 5.74) is -0.826. The predicted octanol–water partition coefficient (Wildman–Crippen LogP) is 1.76. The number of aromatic carboxylic acids is 1. The second kappa shape index (κ2) is 5.07. The van der Waals surface area contributed by atoms with Crippen molar-refractivity contribution >= 4 is 5.97 Å². The Balaban J connectivity index is 2.87. The molecule has 0 fully saturated rings. The maximum Gasteiger partial charge on any atom is 0.358 e. The number of pyridine rings is 1. The van der Waals surface area contributed by atoms with E-state index in [-0.39, 0.29) is 0 Å². The number of hydrogen-bond acceptors (Lipinski definition) is 4. The van der Waals surface area contributed by atoms with Crippen molar-refractivity contribution in [3.05, 3.63) is 18.0 Å². The summed E-state index contributed by atoms with van der Waals surface area (Å²) in [6.07, 6.45) is -3.06. The SMILES string of the molecule is O=C(O)c1nccc(OCC(F)(F)C(F)F)c1O. The zero-order chi connectivity index (χ0) is 13.9. The van der Waals surface area contributed by atoms with E-state index >= 15 is 0 Å². The molecule has 9 heteroatoms. The van der Waals surface area contributed by atoms with Crippen LogP contribution in [0.2, 0.25) is 0 Å². The fraction of sp³-hybridized carbons (Fsp3) is 0.333. The van der Waals surface area contributed by atoms with Gasteiger partial charge in [-0.05, 0) is 0 Å². The second-order valence-electron chi connectivity index (χ2n) is 3.16. The zero-order valence-electron chi connectivity index (χ0n) is 8.61. The van der Waals surface area contributed by atoms with Crippen LogP contribution in [0.5, 0.6) is 11.5 Å². The van der Waals surface area contributed by atoms with Crippen molar-refractivity contribution in [1.29, 1.82) is 0 Å². The molecule has 0 aromatic carbocycles. The van der Waals surface area contributed by atoms with Crippen LogP contribution in [0.15, 0.2) is 12.3 Å². The molecule has 1 aromatic rings. The molecular formula is C9H7F4NO4. The molecular weight excluding hydrogens is 262 g/mol. The highest BCUT2D eigenvalue weighted by atomic mass is 19.3. The summed E-state index contributed by atoms with van der Waals surface area (Å²) >= 11 is 0. The second-order valence-corrected chi connectivity index (χ2v) is 3.16. The summed E-state index contributed by atoms with van der Waals surface area (Å²) in [5.74, 6) is -7.68. The molecule has 1 heterocycles. The summed E-state index contributed by atoms with van der Waals surface area (Å²) in [4.78, 5) is 13.8. The first kappa shape index (κ1) is 14.0. The molecule has 100 valence electrons. The third-order valence-electron chi connectivity index (χ3n) is 1.83. The molecule has 0 unspecified atom stereocenters. The summed E-state index contributed by atoms with van der Waals surface area (Å²) < 4.78 is 53.0. The largest absolute Gasteiger partial charge is 0.503 e. The number of rotatable bonds is 5. The Labute approximate surface area is 97.6 Å². The lowest BCUT2D eigenvalue weighted by Crippen LogP contribution is -2.33. The lowest BCUT2D eigenvalue weighted by atomic mass is 10.3. The third-order valence-corrected chi connectivity index (χ3v) is 1.83. The Morgan fingerprint density at radius 1 is 1.50 bits per heavy atom. The van der Waals surface area contributed by atoms with Crippen LogP contribution in [0.1, 0.15) is 10.5 Å². The maximum atomic E-state index is 12.5. The predicted molar refractivity (Wildman–Crippen MR) is 49.3 cm³/mol. The van der Waals surface area contributed by atoms with Crippen molar-refractivity contribution in [3.8, 4) is 11.5 Å². The average Bonchev–Trinajstić information content (AvgIpc) is 2.27. The van der Waals surface area contributed by atoms with E-state index in [1.165, 1.54) is 0 Å². The molecule has 0 aliphatic heterocycles. The highest BCUT2D eigenvalue weighted by molar-refractivity contribution is 5.89. The normalized spacial score (nSPS) is 11.6. The van der Waals surface area contributed by atoms with Crippen LogP contribution in [0, 0.1) is 0 Å². The number of ether oxygens (including phenoxy) is 1. The zero-order valence-corrected chi connectivity index (χ0v) is 8.61. The minimum atomic E-state index is -4.40. The van der Waals surface area contributed by atoms with Gasteiger partial charge in [-0.2, -0.15) is 8.78 Å². The van der Waals surface area contributed by atoms with Crippen molar-refractivity contribution in [2.75, 3.05) is 6.61 Å². The molecule has 5 nitrogen and oxygen atoms in total. The van der Waals surface area contributed by atoms with Crippen LogP contribution in [0.25, 0.3) is 0 Å². The van der Waals surface area contributed by atoms with E-state index in [9.17, 15) is 27.5 Å². The van der Waals surface area contributed by atoms with Crippen LogP contribution in [-0.4, -0.2) is 40.1 Å². The fourth-order valence-electron chi connectivity index (χ4n) is 0.946. The van der Waals surface area contributed by atoms with Gasteiger partial charge in [0.15, 0.2) is 23.8 Å². The first-order chi connectivity index (χ1) is 8.25. The Kier molecular flexibility index (Phi) is 3.94. The average molecular weight is 269 g/mol. The van der Waals surface area contributed by atoms with Crippen LogP contribution in [0.4, 0.5) is 17.6 Å². The van der Waals surface area contributed by atoms with Crippen molar-refractivity contribution in [2.24, 2.45) is 0 Å². The smallest absolute Gasteiger partial charge is 0.358 e. The number of aromatic nitrogens is 1. The van der Waals surface area contributed by atoms with Gasteiger partial charge in [0, 0.05) is 12.3 Å². The van der Waals surface area contributed by atoms with Crippen molar-refractivity contribution in [2.45, 2.75) is 12.3 Å². The van der Waals surface area contributed by atoms with Crippen LogP contribution >= 0.6 is 0 Å². The van der Waals surface area contributed by atoms with Crippen molar-refractivity contribution in [1.82, 2.24) is 4.98 Å². The van der Waals surface area contributed by atoms with Crippen LogP contribution < -0.4 is 4.74 Å². The summed E-state index contributed by atoms with van der Waals surface area (Å²) in [6, 6.07) is 0.878. The fourth-order valence-corrected chi connectivity index (χ4v) is 0.946. The Morgan fingerprint density at radius 3 is 2.61 bits per heavy atom. The van der Waals surface area contributed by atoms with Gasteiger partial charge in [0.25, 0.3) is 0 Å². The number of nitrogens with zero attached hydrogens (tertiary/aromatic N) is 1. The van der Waals surface area contributed by atoms with Gasteiger partial charge in [-0.15, -0.1) is 0 Å². The van der Waals surface area contributed by atoms with E-state index in [2.05, 4.69) is 9.72 Å². The van der Waals surface area contributed by atoms with E-state index in [1.54, 1.807) is 0 Å². The van der Waals surface area contributed by atoms with Gasteiger partial charge in [-0.25, -0.2) is 18.6 Å². The minimum absolute atomic E-state index is 0.664. The number of carbonyl (C=O) groups is 1. The quantitative estimate of drug-likeness (QED) is 0.796. The van der Waals surface area contributed by atoms with Gasteiger partial charge in [-0.3, -0.25) is 0 Å². The minimum Gasteiger partial charge on any atom is -0.503 e. The maximum absolute atomic E-state index is 12.5. The molecule has 0 bridgehead atoms. The van der Waals surface area contributed by atoms with Gasteiger partial charge < -0.3 is 14.9 Å². The third kappa shape index (κ3) is 2.99. The molecule has 2 N–H and O–H groups in total. The Morgan fingerprint density at radius 2 is 2.11 bits per heavy atom. The van der Waals surface area contributed by atoms with Gasteiger partial charge in [0.2, 0.25) is 0 Å². The van der Waals surface area contributed by atoms with E-state index in [0.29, 0.717) is 0 Å². The van der Waals surface area contributed by atoms with Gasteiger partial charge in [0.05, 0.1) is 0 Å².